The molecule has 2 aromatic heterocycles. The van der Waals surface area contributed by atoms with Gasteiger partial charge in [-0.2, -0.15) is 0 Å². The third kappa shape index (κ3) is 3.10. The molecule has 6 nitrogen and oxygen atoms in total. The molecule has 0 aromatic carbocycles. The zero-order valence-electron chi connectivity index (χ0n) is 9.67. The number of thiazole rings is 1. The highest BCUT2D eigenvalue weighted by molar-refractivity contribution is 7.09. The first-order valence-electron chi connectivity index (χ1n) is 5.20. The summed E-state index contributed by atoms with van der Waals surface area (Å²) in [4.78, 5) is 15.9. The summed E-state index contributed by atoms with van der Waals surface area (Å²) in [6.07, 6.45) is 2.32. The molecule has 0 aliphatic heterocycles. The van der Waals surface area contributed by atoms with Crippen molar-refractivity contribution in [3.63, 3.8) is 0 Å². The van der Waals surface area contributed by atoms with E-state index in [2.05, 4.69) is 20.6 Å². The molecule has 1 amide bonds. The topological polar surface area (TPSA) is 72.7 Å². The second kappa shape index (κ2) is 5.05. The first kappa shape index (κ1) is 11.7. The number of carbonyl (C=O) groups is 1. The second-order valence-electron chi connectivity index (χ2n) is 3.64. The lowest BCUT2D eigenvalue weighted by Crippen LogP contribution is -2.26. The maximum atomic E-state index is 11.6. The molecule has 0 radical (unpaired) electrons. The lowest BCUT2D eigenvalue weighted by molar-refractivity contribution is 0.0949. The normalized spacial score (nSPS) is 10.5. The second-order valence-corrected chi connectivity index (χ2v) is 4.70. The van der Waals surface area contributed by atoms with E-state index >= 15 is 0 Å². The molecule has 0 spiro atoms. The van der Waals surface area contributed by atoms with Crippen LogP contribution in [0.5, 0.6) is 0 Å². The smallest absolute Gasteiger partial charge is 0.273 e. The zero-order valence-corrected chi connectivity index (χ0v) is 10.5. The Morgan fingerprint density at radius 1 is 1.59 bits per heavy atom. The summed E-state index contributed by atoms with van der Waals surface area (Å²) >= 11 is 1.61. The lowest BCUT2D eigenvalue weighted by atomic mass is 10.3. The van der Waals surface area contributed by atoms with Crippen molar-refractivity contribution in [1.29, 1.82) is 0 Å². The van der Waals surface area contributed by atoms with Gasteiger partial charge in [-0.05, 0) is 6.92 Å². The molecule has 0 unspecified atom stereocenters. The Balaban J connectivity index is 1.81. The SMILES string of the molecule is Cc1nc(CCNC(=O)c2cn(C)nn2)cs1. The third-order valence-corrected chi connectivity index (χ3v) is 2.99. The molecular formula is C10H13N5OS. The van der Waals surface area contributed by atoms with Crippen molar-refractivity contribution in [2.24, 2.45) is 7.05 Å². The number of aryl methyl sites for hydroxylation is 2. The van der Waals surface area contributed by atoms with Crippen LogP contribution in [0.2, 0.25) is 0 Å². The van der Waals surface area contributed by atoms with Crippen LogP contribution < -0.4 is 5.32 Å². The fourth-order valence-corrected chi connectivity index (χ4v) is 2.02. The maximum Gasteiger partial charge on any atom is 0.273 e. The van der Waals surface area contributed by atoms with E-state index in [9.17, 15) is 4.79 Å². The molecule has 0 aliphatic rings. The Bertz CT molecular complexity index is 518. The number of nitrogens with zero attached hydrogens (tertiary/aromatic N) is 4. The fourth-order valence-electron chi connectivity index (χ4n) is 1.37. The van der Waals surface area contributed by atoms with Gasteiger partial charge in [0.15, 0.2) is 5.69 Å². The zero-order chi connectivity index (χ0) is 12.3. The predicted molar refractivity (Wildman–Crippen MR) is 63.9 cm³/mol. The summed E-state index contributed by atoms with van der Waals surface area (Å²) in [5.74, 6) is -0.204. The Labute approximate surface area is 103 Å². The highest BCUT2D eigenvalue weighted by atomic mass is 32.1. The van der Waals surface area contributed by atoms with E-state index in [1.165, 1.54) is 4.68 Å². The Hall–Kier alpha value is -1.76. The molecule has 0 atom stereocenters. The molecule has 0 bridgehead atoms. The number of rotatable bonds is 4. The Kier molecular flexibility index (Phi) is 3.48. The Morgan fingerprint density at radius 2 is 2.41 bits per heavy atom. The van der Waals surface area contributed by atoms with Crippen LogP contribution in [-0.4, -0.2) is 32.4 Å². The molecule has 0 fully saturated rings. The summed E-state index contributed by atoms with van der Waals surface area (Å²) in [6.45, 7) is 2.52. The molecule has 0 aliphatic carbocycles. The van der Waals surface area contributed by atoms with Gasteiger partial charge in [0.2, 0.25) is 0 Å². The monoisotopic (exact) mass is 251 g/mol. The number of carbonyl (C=O) groups excluding carboxylic acids is 1. The molecule has 0 saturated heterocycles. The largest absolute Gasteiger partial charge is 0.350 e. The van der Waals surface area contributed by atoms with Gasteiger partial charge in [-0.15, -0.1) is 16.4 Å². The number of aromatic nitrogens is 4. The number of nitrogens with one attached hydrogen (secondary N) is 1. The van der Waals surface area contributed by atoms with Crippen molar-refractivity contribution in [1.82, 2.24) is 25.3 Å². The van der Waals surface area contributed by atoms with Crippen LogP contribution in [0.1, 0.15) is 21.2 Å². The van der Waals surface area contributed by atoms with Crippen LogP contribution in [0.3, 0.4) is 0 Å². The van der Waals surface area contributed by atoms with Gasteiger partial charge in [0, 0.05) is 25.4 Å². The fraction of sp³-hybridized carbons (Fsp3) is 0.400. The summed E-state index contributed by atoms with van der Waals surface area (Å²) in [6, 6.07) is 0. The predicted octanol–water partition coefficient (Wildman–Crippen LogP) is 0.553. The minimum Gasteiger partial charge on any atom is -0.350 e. The minimum absolute atomic E-state index is 0.204. The highest BCUT2D eigenvalue weighted by Crippen LogP contribution is 2.07. The maximum absolute atomic E-state index is 11.6. The molecule has 17 heavy (non-hydrogen) atoms. The standard InChI is InChI=1S/C10H13N5OS/c1-7-12-8(6-17-7)3-4-11-10(16)9-5-15(2)14-13-9/h5-6H,3-4H2,1-2H3,(H,11,16). The van der Waals surface area contributed by atoms with Crippen molar-refractivity contribution < 1.29 is 4.79 Å². The van der Waals surface area contributed by atoms with Gasteiger partial charge in [-0.1, -0.05) is 5.21 Å². The van der Waals surface area contributed by atoms with Crippen LogP contribution >= 0.6 is 11.3 Å². The first-order valence-corrected chi connectivity index (χ1v) is 6.08. The van der Waals surface area contributed by atoms with Crippen LogP contribution in [-0.2, 0) is 13.5 Å². The molecule has 2 heterocycles. The van der Waals surface area contributed by atoms with Crippen LogP contribution in [0, 0.1) is 6.92 Å². The molecule has 2 aromatic rings. The van der Waals surface area contributed by atoms with Gasteiger partial charge >= 0.3 is 0 Å². The van der Waals surface area contributed by atoms with E-state index in [1.54, 1.807) is 24.6 Å². The van der Waals surface area contributed by atoms with Gasteiger partial charge < -0.3 is 5.32 Å². The van der Waals surface area contributed by atoms with Gasteiger partial charge in [-0.3, -0.25) is 9.48 Å². The van der Waals surface area contributed by atoms with E-state index in [-0.39, 0.29) is 5.91 Å². The van der Waals surface area contributed by atoms with E-state index in [0.717, 1.165) is 17.1 Å². The average Bonchev–Trinajstić information content (AvgIpc) is 2.88. The van der Waals surface area contributed by atoms with Crippen molar-refractivity contribution in [3.05, 3.63) is 28.0 Å². The minimum atomic E-state index is -0.204. The molecule has 1 N–H and O–H groups in total. The summed E-state index contributed by atoms with van der Waals surface area (Å²) < 4.78 is 1.50. The quantitative estimate of drug-likeness (QED) is 0.861. The number of hydrogen-bond acceptors (Lipinski definition) is 5. The number of amides is 1. The first-order chi connectivity index (χ1) is 8.15. The van der Waals surface area contributed by atoms with Crippen molar-refractivity contribution >= 4 is 17.2 Å². The summed E-state index contributed by atoms with van der Waals surface area (Å²) in [7, 11) is 1.72. The van der Waals surface area contributed by atoms with Crippen molar-refractivity contribution in [2.75, 3.05) is 6.54 Å². The molecule has 2 rings (SSSR count). The van der Waals surface area contributed by atoms with E-state index in [0.29, 0.717) is 12.2 Å². The third-order valence-electron chi connectivity index (χ3n) is 2.17. The molecule has 90 valence electrons. The number of hydrogen-bond donors (Lipinski definition) is 1. The van der Waals surface area contributed by atoms with Crippen LogP contribution in [0.4, 0.5) is 0 Å². The van der Waals surface area contributed by atoms with Gasteiger partial charge in [-0.25, -0.2) is 4.98 Å². The average molecular weight is 251 g/mol. The molecular weight excluding hydrogens is 238 g/mol. The van der Waals surface area contributed by atoms with Crippen LogP contribution in [0.15, 0.2) is 11.6 Å². The summed E-state index contributed by atoms with van der Waals surface area (Å²) in [5.41, 5.74) is 1.34. The van der Waals surface area contributed by atoms with E-state index in [1.807, 2.05) is 12.3 Å². The van der Waals surface area contributed by atoms with Gasteiger partial charge in [0.05, 0.1) is 16.9 Å². The molecule has 7 heteroatoms. The van der Waals surface area contributed by atoms with Crippen molar-refractivity contribution in [3.8, 4) is 0 Å². The van der Waals surface area contributed by atoms with E-state index in [4.69, 9.17) is 0 Å². The van der Waals surface area contributed by atoms with Crippen molar-refractivity contribution in [2.45, 2.75) is 13.3 Å². The highest BCUT2D eigenvalue weighted by Gasteiger charge is 2.09. The van der Waals surface area contributed by atoms with Gasteiger partial charge in [0.1, 0.15) is 0 Å². The van der Waals surface area contributed by atoms with Crippen LogP contribution in [0.25, 0.3) is 0 Å². The van der Waals surface area contributed by atoms with E-state index < -0.39 is 0 Å². The lowest BCUT2D eigenvalue weighted by Gasteiger charge is -2.00. The molecule has 0 saturated carbocycles. The Morgan fingerprint density at radius 3 is 3.00 bits per heavy atom. The summed E-state index contributed by atoms with van der Waals surface area (Å²) in [5, 5.41) is 13.3. The van der Waals surface area contributed by atoms with Gasteiger partial charge in [0.25, 0.3) is 5.91 Å².